The van der Waals surface area contributed by atoms with Crippen molar-refractivity contribution < 1.29 is 30.7 Å². The number of carbonyl (C=O) groups is 1. The maximum atomic E-state index is 12.6. The number of hydrogen-bond donors (Lipinski definition) is 0. The van der Waals surface area contributed by atoms with Crippen LogP contribution in [0.2, 0.25) is 0 Å². The molecule has 0 amide bonds. The molecule has 0 heterocycles. The molecule has 3 heteroatoms. The molecule has 2 aromatic rings. The maximum absolute atomic E-state index is 12.6. The van der Waals surface area contributed by atoms with Crippen LogP contribution in [-0.4, -0.2) is 11.6 Å². The summed E-state index contributed by atoms with van der Waals surface area (Å²) in [5.41, 5.74) is 0.275. The van der Waals surface area contributed by atoms with Crippen LogP contribution in [0.25, 0.3) is 0 Å². The fourth-order valence-corrected chi connectivity index (χ4v) is 5.64. The van der Waals surface area contributed by atoms with Crippen molar-refractivity contribution in [2.45, 2.75) is 51.6 Å². The van der Waals surface area contributed by atoms with Crippen molar-refractivity contribution in [1.29, 1.82) is 0 Å². The van der Waals surface area contributed by atoms with Gasteiger partial charge in [0, 0.05) is 0 Å². The number of hydrogen-bond acceptors (Lipinski definition) is 2. The van der Waals surface area contributed by atoms with Crippen LogP contribution in [0.1, 0.15) is 56.3 Å². The van der Waals surface area contributed by atoms with Gasteiger partial charge in [-0.2, -0.15) is 0 Å². The number of esters is 1. The summed E-state index contributed by atoms with van der Waals surface area (Å²) >= 11 is -0.195. The standard InChI is InChI=1S/C22H26IO2/c1-22(2,18-9-5-3-6-10-18)25-21(24)17-13-15-20(16-14-17)23-19-11-7-4-8-12-19/h4,7-8,11-16,18H,3,5-6,9-10H2,1-2H3/q-1. The molecule has 1 aliphatic carbocycles. The zero-order valence-corrected chi connectivity index (χ0v) is 17.2. The van der Waals surface area contributed by atoms with Crippen molar-refractivity contribution in [3.8, 4) is 0 Å². The molecule has 0 bridgehead atoms. The Morgan fingerprint density at radius 1 is 0.920 bits per heavy atom. The first-order valence-corrected chi connectivity index (χ1v) is 11.2. The Morgan fingerprint density at radius 3 is 2.16 bits per heavy atom. The van der Waals surface area contributed by atoms with Gasteiger partial charge >= 0.3 is 161 Å². The molecule has 0 aromatic heterocycles. The van der Waals surface area contributed by atoms with Crippen LogP contribution < -0.4 is 21.2 Å². The quantitative estimate of drug-likeness (QED) is 0.518. The Balaban J connectivity index is 1.62. The molecular formula is C22H26IO2-. The van der Waals surface area contributed by atoms with Crippen LogP contribution in [0.15, 0.2) is 54.6 Å². The molecule has 0 spiro atoms. The van der Waals surface area contributed by atoms with Crippen molar-refractivity contribution in [2.75, 3.05) is 0 Å². The van der Waals surface area contributed by atoms with Crippen molar-refractivity contribution in [3.05, 3.63) is 67.3 Å². The second-order valence-corrected chi connectivity index (χ2v) is 10.3. The van der Waals surface area contributed by atoms with Gasteiger partial charge in [-0.25, -0.2) is 0 Å². The summed E-state index contributed by atoms with van der Waals surface area (Å²) in [5.74, 6) is 0.286. The second-order valence-electron chi connectivity index (χ2n) is 7.22. The Morgan fingerprint density at radius 2 is 1.52 bits per heavy atom. The molecule has 0 atom stereocenters. The van der Waals surface area contributed by atoms with E-state index < -0.39 is 0 Å². The van der Waals surface area contributed by atoms with Gasteiger partial charge in [0.05, 0.1) is 0 Å². The van der Waals surface area contributed by atoms with Gasteiger partial charge in [-0.3, -0.25) is 0 Å². The summed E-state index contributed by atoms with van der Waals surface area (Å²) in [5, 5.41) is 0. The Bertz CT molecular complexity index is 686. The van der Waals surface area contributed by atoms with Crippen molar-refractivity contribution >= 4 is 5.97 Å². The van der Waals surface area contributed by atoms with Crippen LogP contribution >= 0.6 is 0 Å². The topological polar surface area (TPSA) is 26.3 Å². The molecule has 2 nitrogen and oxygen atoms in total. The van der Waals surface area contributed by atoms with Crippen LogP contribution in [0.3, 0.4) is 0 Å². The van der Waals surface area contributed by atoms with Gasteiger partial charge in [-0.15, -0.1) is 0 Å². The minimum atomic E-state index is -0.382. The Labute approximate surface area is 161 Å². The average Bonchev–Trinajstić information content (AvgIpc) is 2.63. The predicted octanol–water partition coefficient (Wildman–Crippen LogP) is 2.33. The molecule has 2 aromatic carbocycles. The van der Waals surface area contributed by atoms with Crippen molar-refractivity contribution in [3.63, 3.8) is 0 Å². The van der Waals surface area contributed by atoms with Crippen LogP contribution in [0.4, 0.5) is 0 Å². The molecule has 134 valence electrons. The second kappa shape index (κ2) is 8.35. The third-order valence-electron chi connectivity index (χ3n) is 4.98. The number of ether oxygens (including phenoxy) is 1. The fourth-order valence-electron chi connectivity index (χ4n) is 3.43. The van der Waals surface area contributed by atoms with E-state index in [1.165, 1.54) is 39.2 Å². The van der Waals surface area contributed by atoms with Gasteiger partial charge in [0.2, 0.25) is 0 Å². The van der Waals surface area contributed by atoms with E-state index in [1.54, 1.807) is 0 Å². The summed E-state index contributed by atoms with van der Waals surface area (Å²) in [4.78, 5) is 12.6. The number of rotatable bonds is 5. The first-order valence-electron chi connectivity index (χ1n) is 9.08. The fraction of sp³-hybridized carbons (Fsp3) is 0.409. The molecule has 25 heavy (non-hydrogen) atoms. The number of halogens is 1. The van der Waals surface area contributed by atoms with E-state index in [2.05, 4.69) is 50.2 Å². The molecule has 0 radical (unpaired) electrons. The Hall–Kier alpha value is -1.36. The van der Waals surface area contributed by atoms with Crippen LogP contribution in [0, 0.1) is 13.1 Å². The van der Waals surface area contributed by atoms with Gasteiger partial charge in [-0.1, -0.05) is 0 Å². The first kappa shape index (κ1) is 18.4. The summed E-state index contributed by atoms with van der Waals surface area (Å²) in [7, 11) is 0. The molecule has 0 aliphatic heterocycles. The predicted molar refractivity (Wildman–Crippen MR) is 96.3 cm³/mol. The molecule has 0 unspecified atom stereocenters. The first-order chi connectivity index (χ1) is 12.0. The third kappa shape index (κ3) is 5.06. The summed E-state index contributed by atoms with van der Waals surface area (Å²) in [6.07, 6.45) is 6.15. The summed E-state index contributed by atoms with van der Waals surface area (Å²) < 4.78 is 8.59. The van der Waals surface area contributed by atoms with E-state index in [0.29, 0.717) is 11.5 Å². The Kier molecular flexibility index (Phi) is 6.15. The normalized spacial score (nSPS) is 15.9. The molecule has 0 saturated heterocycles. The molecule has 3 rings (SSSR count). The van der Waals surface area contributed by atoms with E-state index >= 15 is 0 Å². The van der Waals surface area contributed by atoms with Crippen molar-refractivity contribution in [2.24, 2.45) is 5.92 Å². The molecule has 1 saturated carbocycles. The van der Waals surface area contributed by atoms with E-state index in [1.807, 2.05) is 18.2 Å². The molecule has 0 N–H and O–H groups in total. The number of carbonyl (C=O) groups excluding carboxylic acids is 1. The molecular weight excluding hydrogens is 423 g/mol. The zero-order chi connectivity index (χ0) is 17.7. The van der Waals surface area contributed by atoms with Gasteiger partial charge in [0.15, 0.2) is 0 Å². The SMILES string of the molecule is CC(C)(OC(=O)c1ccc([I-]c2ccccc2)cc1)C1CCCCC1. The summed E-state index contributed by atoms with van der Waals surface area (Å²) in [6, 6.07) is 18.5. The molecule has 1 aliphatic rings. The van der Waals surface area contributed by atoms with E-state index in [4.69, 9.17) is 4.74 Å². The molecule has 1 fully saturated rings. The third-order valence-corrected chi connectivity index (χ3v) is 7.66. The monoisotopic (exact) mass is 449 g/mol. The average molecular weight is 449 g/mol. The van der Waals surface area contributed by atoms with Gasteiger partial charge < -0.3 is 0 Å². The van der Waals surface area contributed by atoms with E-state index in [-0.39, 0.29) is 32.8 Å². The summed E-state index contributed by atoms with van der Waals surface area (Å²) in [6.45, 7) is 4.13. The van der Waals surface area contributed by atoms with Crippen molar-refractivity contribution in [1.82, 2.24) is 0 Å². The van der Waals surface area contributed by atoms with Crippen LogP contribution in [-0.2, 0) is 4.74 Å². The van der Waals surface area contributed by atoms with E-state index in [9.17, 15) is 4.79 Å². The van der Waals surface area contributed by atoms with Gasteiger partial charge in [0.25, 0.3) is 0 Å². The van der Waals surface area contributed by atoms with E-state index in [0.717, 1.165) is 0 Å². The van der Waals surface area contributed by atoms with Gasteiger partial charge in [0.1, 0.15) is 0 Å². The minimum absolute atomic E-state index is 0.194. The van der Waals surface area contributed by atoms with Gasteiger partial charge in [-0.05, 0) is 0 Å². The van der Waals surface area contributed by atoms with Crippen LogP contribution in [0.5, 0.6) is 0 Å². The zero-order valence-electron chi connectivity index (χ0n) is 15.0. The number of benzene rings is 2.